The van der Waals surface area contributed by atoms with E-state index in [9.17, 15) is 0 Å². The van der Waals surface area contributed by atoms with Crippen molar-refractivity contribution in [3.63, 3.8) is 0 Å². The van der Waals surface area contributed by atoms with Crippen LogP contribution in [-0.4, -0.2) is 0 Å². The van der Waals surface area contributed by atoms with Gasteiger partial charge in [0.05, 0.1) is 0 Å². The Morgan fingerprint density at radius 1 is 0.562 bits per heavy atom. The van der Waals surface area contributed by atoms with Crippen LogP contribution in [0.25, 0.3) is 0 Å². The van der Waals surface area contributed by atoms with Gasteiger partial charge in [0.1, 0.15) is 0 Å². The molecule has 0 amide bonds. The summed E-state index contributed by atoms with van der Waals surface area (Å²) in [6, 6.07) is 12.0. The first-order valence-corrected chi connectivity index (χ1v) is 6.73. The van der Waals surface area contributed by atoms with Gasteiger partial charge in [0.25, 0.3) is 0 Å². The molecule has 0 spiro atoms. The van der Waals surface area contributed by atoms with E-state index in [0.29, 0.717) is 0 Å². The standard InChI is InChI=1S/C10H15.C6H6/c1-7-2-9-4-8(1)5-10(3-7)6-9;1-2-4-6-5-3-1/h7-9H,1-6H2;1-6H. The minimum absolute atomic E-state index is 1.14. The molecule has 4 aliphatic rings. The van der Waals surface area contributed by atoms with Crippen molar-refractivity contribution in [2.24, 2.45) is 17.8 Å². The van der Waals surface area contributed by atoms with Crippen molar-refractivity contribution in [3.8, 4) is 0 Å². The van der Waals surface area contributed by atoms with Crippen LogP contribution >= 0.6 is 0 Å². The Bertz CT molecular complexity index is 231. The number of benzene rings is 1. The molecule has 1 aromatic rings. The molecule has 0 heterocycles. The molecule has 0 saturated heterocycles. The predicted octanol–water partition coefficient (Wildman–Crippen LogP) is 4.48. The number of rotatable bonds is 0. The molecule has 0 atom stereocenters. The SMILES string of the molecule is C1[C]2CC3CC1CC(C2)C3.c1ccccc1. The monoisotopic (exact) mass is 213 g/mol. The molecule has 16 heavy (non-hydrogen) atoms. The minimum Gasteiger partial charge on any atom is -0.0623 e. The van der Waals surface area contributed by atoms with Crippen molar-refractivity contribution in [1.29, 1.82) is 0 Å². The summed E-state index contributed by atoms with van der Waals surface area (Å²) in [4.78, 5) is 0. The van der Waals surface area contributed by atoms with Gasteiger partial charge in [0.2, 0.25) is 0 Å². The van der Waals surface area contributed by atoms with Crippen molar-refractivity contribution in [2.45, 2.75) is 38.5 Å². The van der Waals surface area contributed by atoms with Crippen molar-refractivity contribution in [1.82, 2.24) is 0 Å². The third kappa shape index (κ3) is 2.31. The molecule has 0 aliphatic heterocycles. The second-order valence-electron chi connectivity index (χ2n) is 5.82. The third-order valence-electron chi connectivity index (χ3n) is 4.40. The zero-order valence-corrected chi connectivity index (χ0v) is 9.94. The van der Waals surface area contributed by atoms with Gasteiger partial charge in [-0.05, 0) is 62.2 Å². The van der Waals surface area contributed by atoms with Gasteiger partial charge in [-0.3, -0.25) is 0 Å². The maximum Gasteiger partial charge on any atom is -0.0233 e. The summed E-state index contributed by atoms with van der Waals surface area (Å²) in [7, 11) is 0. The molecule has 5 rings (SSSR count). The molecular formula is C16H21. The Balaban J connectivity index is 0.000000117. The molecule has 4 bridgehead atoms. The molecule has 1 radical (unpaired) electrons. The van der Waals surface area contributed by atoms with Crippen LogP contribution in [0.1, 0.15) is 38.5 Å². The fraction of sp³-hybridized carbons (Fsp3) is 0.562. The molecule has 0 N–H and O–H groups in total. The average molecular weight is 213 g/mol. The Morgan fingerprint density at radius 2 is 0.875 bits per heavy atom. The second-order valence-corrected chi connectivity index (χ2v) is 5.82. The first-order chi connectivity index (χ1) is 7.90. The smallest absolute Gasteiger partial charge is 0.0233 e. The van der Waals surface area contributed by atoms with Gasteiger partial charge in [-0.1, -0.05) is 36.4 Å². The lowest BCUT2D eigenvalue weighted by atomic mass is 9.56. The zero-order valence-electron chi connectivity index (χ0n) is 9.94. The molecule has 4 fully saturated rings. The molecule has 0 aromatic heterocycles. The van der Waals surface area contributed by atoms with Gasteiger partial charge >= 0.3 is 0 Å². The summed E-state index contributed by atoms with van der Waals surface area (Å²) in [6.07, 6.45) is 9.31. The van der Waals surface area contributed by atoms with Gasteiger partial charge in [-0.25, -0.2) is 0 Å². The lowest BCUT2D eigenvalue weighted by Gasteiger charge is -2.49. The lowest BCUT2D eigenvalue weighted by Crippen LogP contribution is -2.37. The van der Waals surface area contributed by atoms with Gasteiger partial charge in [0, 0.05) is 0 Å². The van der Waals surface area contributed by atoms with E-state index >= 15 is 0 Å². The number of hydrogen-bond donors (Lipinski definition) is 0. The zero-order chi connectivity index (χ0) is 10.8. The summed E-state index contributed by atoms with van der Waals surface area (Å²) < 4.78 is 0. The van der Waals surface area contributed by atoms with Crippen LogP contribution in [0.15, 0.2) is 36.4 Å². The topological polar surface area (TPSA) is 0 Å². The molecular weight excluding hydrogens is 192 g/mol. The molecule has 0 heteroatoms. The highest BCUT2D eigenvalue weighted by atomic mass is 14.5. The first-order valence-electron chi connectivity index (χ1n) is 6.73. The summed E-state index contributed by atoms with van der Waals surface area (Å²) in [6.45, 7) is 0. The van der Waals surface area contributed by atoms with Crippen LogP contribution in [0.4, 0.5) is 0 Å². The maximum absolute atomic E-state index is 2.00. The first kappa shape index (κ1) is 10.4. The Labute approximate surface area is 99.1 Å². The van der Waals surface area contributed by atoms with E-state index in [0.717, 1.165) is 17.8 Å². The van der Waals surface area contributed by atoms with Gasteiger partial charge in [0.15, 0.2) is 0 Å². The Hall–Kier alpha value is -0.780. The molecule has 85 valence electrons. The Kier molecular flexibility index (Phi) is 2.99. The van der Waals surface area contributed by atoms with Gasteiger partial charge in [-0.2, -0.15) is 0 Å². The van der Waals surface area contributed by atoms with Crippen molar-refractivity contribution in [2.75, 3.05) is 0 Å². The largest absolute Gasteiger partial charge is 0.0623 e. The third-order valence-corrected chi connectivity index (χ3v) is 4.40. The highest BCUT2D eigenvalue weighted by Crippen LogP contribution is 2.54. The van der Waals surface area contributed by atoms with Gasteiger partial charge < -0.3 is 0 Å². The van der Waals surface area contributed by atoms with Crippen LogP contribution < -0.4 is 0 Å². The molecule has 0 nitrogen and oxygen atoms in total. The van der Waals surface area contributed by atoms with Gasteiger partial charge in [-0.15, -0.1) is 0 Å². The van der Waals surface area contributed by atoms with E-state index in [2.05, 4.69) is 0 Å². The molecule has 4 saturated carbocycles. The van der Waals surface area contributed by atoms with Crippen LogP contribution in [0.3, 0.4) is 0 Å². The number of hydrogen-bond acceptors (Lipinski definition) is 0. The van der Waals surface area contributed by atoms with E-state index in [1.54, 1.807) is 19.3 Å². The van der Waals surface area contributed by atoms with E-state index in [1.807, 2.05) is 42.3 Å². The molecule has 1 aromatic carbocycles. The van der Waals surface area contributed by atoms with Crippen LogP contribution in [0.5, 0.6) is 0 Å². The summed E-state index contributed by atoms with van der Waals surface area (Å²) in [5.74, 6) is 5.35. The summed E-state index contributed by atoms with van der Waals surface area (Å²) >= 11 is 0. The second kappa shape index (κ2) is 4.61. The van der Waals surface area contributed by atoms with Crippen molar-refractivity contribution in [3.05, 3.63) is 42.3 Å². The molecule has 0 unspecified atom stereocenters. The van der Waals surface area contributed by atoms with E-state index in [4.69, 9.17) is 0 Å². The fourth-order valence-electron chi connectivity index (χ4n) is 4.06. The van der Waals surface area contributed by atoms with E-state index in [1.165, 1.54) is 19.3 Å². The quantitative estimate of drug-likeness (QED) is 0.596. The summed E-state index contributed by atoms with van der Waals surface area (Å²) in [5.41, 5.74) is 0. The maximum atomic E-state index is 2.00. The van der Waals surface area contributed by atoms with Crippen LogP contribution in [0, 0.1) is 23.7 Å². The Morgan fingerprint density at radius 3 is 1.12 bits per heavy atom. The fourth-order valence-corrected chi connectivity index (χ4v) is 4.06. The van der Waals surface area contributed by atoms with Crippen molar-refractivity contribution >= 4 is 0 Å². The average Bonchev–Trinajstić information content (AvgIpc) is 2.30. The highest BCUT2D eigenvalue weighted by Gasteiger charge is 2.42. The highest BCUT2D eigenvalue weighted by molar-refractivity contribution is 5.08. The van der Waals surface area contributed by atoms with Crippen molar-refractivity contribution < 1.29 is 0 Å². The minimum atomic E-state index is 1.14. The van der Waals surface area contributed by atoms with Crippen LogP contribution in [0.2, 0.25) is 0 Å². The normalized spacial score (nSPS) is 35.6. The predicted molar refractivity (Wildman–Crippen MR) is 67.9 cm³/mol. The van der Waals surface area contributed by atoms with E-state index < -0.39 is 0 Å². The molecule has 4 aliphatic carbocycles. The lowest BCUT2D eigenvalue weighted by molar-refractivity contribution is 0.0920. The van der Waals surface area contributed by atoms with E-state index in [-0.39, 0.29) is 0 Å². The van der Waals surface area contributed by atoms with Crippen LogP contribution in [-0.2, 0) is 0 Å². The summed E-state index contributed by atoms with van der Waals surface area (Å²) in [5, 5.41) is 0.